The van der Waals surface area contributed by atoms with Crippen LogP contribution in [0.1, 0.15) is 10.4 Å². The number of halogens is 2. The molecule has 3 rings (SSSR count). The molecule has 1 aromatic carbocycles. The van der Waals surface area contributed by atoms with E-state index in [-0.39, 0.29) is 17.5 Å². The van der Waals surface area contributed by atoms with Gasteiger partial charge in [-0.15, -0.1) is 0 Å². The van der Waals surface area contributed by atoms with Crippen LogP contribution in [0.2, 0.25) is 0 Å². The summed E-state index contributed by atoms with van der Waals surface area (Å²) < 4.78 is 20.2. The molecule has 25 heavy (non-hydrogen) atoms. The van der Waals surface area contributed by atoms with Crippen molar-refractivity contribution in [1.29, 1.82) is 0 Å². The van der Waals surface area contributed by atoms with Crippen LogP contribution in [0.15, 0.2) is 59.5 Å². The summed E-state index contributed by atoms with van der Waals surface area (Å²) in [5.74, 6) is -0.354. The van der Waals surface area contributed by atoms with Crippen molar-refractivity contribution < 1.29 is 13.9 Å². The first-order chi connectivity index (χ1) is 12.0. The van der Waals surface area contributed by atoms with E-state index < -0.39 is 5.82 Å². The third kappa shape index (κ3) is 4.30. The molecule has 0 fully saturated rings. The Hall–Kier alpha value is -3.00. The molecule has 3 N–H and O–H groups in total. The molecule has 2 aromatic heterocycles. The van der Waals surface area contributed by atoms with Gasteiger partial charge in [-0.1, -0.05) is 0 Å². The minimum absolute atomic E-state index is 0.00949. The van der Waals surface area contributed by atoms with E-state index in [2.05, 4.69) is 31.2 Å². The van der Waals surface area contributed by atoms with E-state index in [1.165, 1.54) is 36.7 Å². The first-order valence-corrected chi connectivity index (χ1v) is 7.92. The summed E-state index contributed by atoms with van der Waals surface area (Å²) >= 11 is 3.19. The van der Waals surface area contributed by atoms with Crippen LogP contribution < -0.4 is 15.8 Å². The lowest BCUT2D eigenvalue weighted by atomic mass is 10.2. The molecule has 6 nitrogen and oxygen atoms in total. The van der Waals surface area contributed by atoms with Crippen LogP contribution in [0.4, 0.5) is 15.9 Å². The number of ether oxygens (including phenoxy) is 1. The summed E-state index contributed by atoms with van der Waals surface area (Å²) in [5.41, 5.74) is 6.26. The third-order valence-corrected chi connectivity index (χ3v) is 3.59. The van der Waals surface area contributed by atoms with Gasteiger partial charge in [-0.25, -0.2) is 14.4 Å². The SMILES string of the molecule is Nc1cc(Oc2ccc(NC(=O)c3ccnc(Br)c3)cc2F)ccn1. The lowest BCUT2D eigenvalue weighted by Crippen LogP contribution is -2.12. The van der Waals surface area contributed by atoms with E-state index in [1.807, 2.05) is 0 Å². The largest absolute Gasteiger partial charge is 0.454 e. The van der Waals surface area contributed by atoms with Gasteiger partial charge in [0.15, 0.2) is 11.6 Å². The van der Waals surface area contributed by atoms with Crippen molar-refractivity contribution in [3.05, 3.63) is 70.8 Å². The number of anilines is 2. The van der Waals surface area contributed by atoms with Crippen LogP contribution in [0.3, 0.4) is 0 Å². The van der Waals surface area contributed by atoms with Gasteiger partial charge < -0.3 is 15.8 Å². The van der Waals surface area contributed by atoms with Crippen molar-refractivity contribution in [2.45, 2.75) is 0 Å². The minimum atomic E-state index is -0.621. The molecule has 0 spiro atoms. The van der Waals surface area contributed by atoms with Crippen molar-refractivity contribution in [2.24, 2.45) is 0 Å². The van der Waals surface area contributed by atoms with Gasteiger partial charge in [0.2, 0.25) is 0 Å². The number of nitrogens with zero attached hydrogens (tertiary/aromatic N) is 2. The summed E-state index contributed by atoms with van der Waals surface area (Å²) in [6.07, 6.45) is 2.96. The Balaban J connectivity index is 1.74. The number of pyridine rings is 2. The molecular formula is C17H12BrFN4O2. The Morgan fingerprint density at radius 1 is 1.12 bits per heavy atom. The van der Waals surface area contributed by atoms with Crippen LogP contribution in [-0.4, -0.2) is 15.9 Å². The van der Waals surface area contributed by atoms with Crippen LogP contribution in [0.5, 0.6) is 11.5 Å². The summed E-state index contributed by atoms with van der Waals surface area (Å²) in [6.45, 7) is 0. The maximum absolute atomic E-state index is 14.2. The number of nitrogens with one attached hydrogen (secondary N) is 1. The van der Waals surface area contributed by atoms with Crippen molar-refractivity contribution >= 4 is 33.3 Å². The second-order valence-corrected chi connectivity index (χ2v) is 5.80. The van der Waals surface area contributed by atoms with Gasteiger partial charge in [-0.2, -0.15) is 0 Å². The Labute approximate surface area is 151 Å². The van der Waals surface area contributed by atoms with Gasteiger partial charge in [0.05, 0.1) is 0 Å². The molecule has 2 heterocycles. The highest BCUT2D eigenvalue weighted by molar-refractivity contribution is 9.10. The molecule has 0 radical (unpaired) electrons. The minimum Gasteiger partial charge on any atom is -0.454 e. The number of hydrogen-bond acceptors (Lipinski definition) is 5. The van der Waals surface area contributed by atoms with Crippen LogP contribution in [-0.2, 0) is 0 Å². The molecule has 8 heteroatoms. The van der Waals surface area contributed by atoms with Gasteiger partial charge in [0.1, 0.15) is 16.2 Å². The number of carbonyl (C=O) groups is 1. The highest BCUT2D eigenvalue weighted by Gasteiger charge is 2.10. The fourth-order valence-electron chi connectivity index (χ4n) is 2.03. The van der Waals surface area contributed by atoms with Gasteiger partial charge >= 0.3 is 0 Å². The number of nitrogens with two attached hydrogens (primary N) is 1. The van der Waals surface area contributed by atoms with Crippen molar-refractivity contribution in [1.82, 2.24) is 9.97 Å². The predicted molar refractivity (Wildman–Crippen MR) is 95.0 cm³/mol. The van der Waals surface area contributed by atoms with Crippen molar-refractivity contribution in [3.63, 3.8) is 0 Å². The Morgan fingerprint density at radius 3 is 2.64 bits per heavy atom. The van der Waals surface area contributed by atoms with Crippen LogP contribution in [0, 0.1) is 5.82 Å². The van der Waals surface area contributed by atoms with Gasteiger partial charge in [-0.3, -0.25) is 4.79 Å². The van der Waals surface area contributed by atoms with E-state index in [0.717, 1.165) is 0 Å². The van der Waals surface area contributed by atoms with E-state index >= 15 is 0 Å². The highest BCUT2D eigenvalue weighted by Crippen LogP contribution is 2.27. The van der Waals surface area contributed by atoms with Crippen LogP contribution in [0.25, 0.3) is 0 Å². The normalized spacial score (nSPS) is 10.3. The molecule has 0 unspecified atom stereocenters. The van der Waals surface area contributed by atoms with Gasteiger partial charge in [0, 0.05) is 35.8 Å². The fourth-order valence-corrected chi connectivity index (χ4v) is 2.39. The first kappa shape index (κ1) is 16.8. The molecule has 3 aromatic rings. The molecule has 0 saturated heterocycles. The third-order valence-electron chi connectivity index (χ3n) is 3.16. The zero-order chi connectivity index (χ0) is 17.8. The monoisotopic (exact) mass is 402 g/mol. The maximum Gasteiger partial charge on any atom is 0.255 e. The van der Waals surface area contributed by atoms with E-state index in [0.29, 0.717) is 21.6 Å². The molecule has 0 saturated carbocycles. The standard InChI is InChI=1S/C17H12BrFN4O2/c18-15-7-10(3-5-21-15)17(24)23-11-1-2-14(13(19)8-11)25-12-4-6-22-16(20)9-12/h1-9H,(H2,20,22)(H,23,24). The number of hydrogen-bond donors (Lipinski definition) is 2. The number of carbonyl (C=O) groups excluding carboxylic acids is 1. The summed E-state index contributed by atoms with van der Waals surface area (Å²) in [5, 5.41) is 2.61. The van der Waals surface area contributed by atoms with Crippen molar-refractivity contribution in [2.75, 3.05) is 11.1 Å². The number of nitrogen functional groups attached to an aromatic ring is 1. The molecule has 0 bridgehead atoms. The second-order valence-electron chi connectivity index (χ2n) is 4.99. The molecule has 0 atom stereocenters. The lowest BCUT2D eigenvalue weighted by molar-refractivity contribution is 0.102. The summed E-state index contributed by atoms with van der Waals surface area (Å²) in [7, 11) is 0. The van der Waals surface area contributed by atoms with E-state index in [4.69, 9.17) is 10.5 Å². The number of aromatic nitrogens is 2. The van der Waals surface area contributed by atoms with Gasteiger partial charge in [0.25, 0.3) is 5.91 Å². The molecule has 0 aliphatic rings. The molecule has 0 aliphatic carbocycles. The second kappa shape index (κ2) is 7.27. The van der Waals surface area contributed by atoms with Gasteiger partial charge in [-0.05, 0) is 46.3 Å². The predicted octanol–water partition coefficient (Wildman–Crippen LogP) is 4.01. The Kier molecular flexibility index (Phi) is 4.90. The number of rotatable bonds is 4. The van der Waals surface area contributed by atoms with Crippen LogP contribution >= 0.6 is 15.9 Å². The van der Waals surface area contributed by atoms with E-state index in [9.17, 15) is 9.18 Å². The molecule has 1 amide bonds. The average Bonchev–Trinajstić information content (AvgIpc) is 2.57. The smallest absolute Gasteiger partial charge is 0.255 e. The first-order valence-electron chi connectivity index (χ1n) is 7.13. The Morgan fingerprint density at radius 2 is 1.92 bits per heavy atom. The number of amides is 1. The fraction of sp³-hybridized carbons (Fsp3) is 0. The quantitative estimate of drug-likeness (QED) is 0.643. The zero-order valence-electron chi connectivity index (χ0n) is 12.7. The summed E-state index contributed by atoms with van der Waals surface area (Å²) in [4.78, 5) is 19.9. The molecule has 0 aliphatic heterocycles. The van der Waals surface area contributed by atoms with Crippen molar-refractivity contribution in [3.8, 4) is 11.5 Å². The topological polar surface area (TPSA) is 90.1 Å². The number of benzene rings is 1. The average molecular weight is 403 g/mol. The summed E-state index contributed by atoms with van der Waals surface area (Å²) in [6, 6.07) is 10.3. The maximum atomic E-state index is 14.2. The zero-order valence-corrected chi connectivity index (χ0v) is 14.3. The van der Waals surface area contributed by atoms with E-state index in [1.54, 1.807) is 18.2 Å². The molecular weight excluding hydrogens is 391 g/mol. The highest BCUT2D eigenvalue weighted by atomic mass is 79.9. The Bertz CT molecular complexity index is 936. The lowest BCUT2D eigenvalue weighted by Gasteiger charge is -2.10. The molecule has 126 valence electrons.